The summed E-state index contributed by atoms with van der Waals surface area (Å²) in [5, 5.41) is 2.40. The highest BCUT2D eigenvalue weighted by Crippen LogP contribution is 2.30. The molecule has 0 saturated heterocycles. The number of nitrogens with one attached hydrogen (secondary N) is 2. The first kappa shape index (κ1) is 12.2. The van der Waals surface area contributed by atoms with Crippen molar-refractivity contribution in [1.82, 2.24) is 10.7 Å². The predicted molar refractivity (Wildman–Crippen MR) is 61.7 cm³/mol. The fraction of sp³-hybridized carbons (Fsp3) is 0.273. The SMILES string of the molecule is NNC(=O)CNC(=O)[C@H]1COc2ccccc2O1. The van der Waals surface area contributed by atoms with Gasteiger partial charge in [0.25, 0.3) is 11.8 Å². The van der Waals surface area contributed by atoms with Gasteiger partial charge in [-0.2, -0.15) is 0 Å². The maximum absolute atomic E-state index is 11.7. The van der Waals surface area contributed by atoms with E-state index in [9.17, 15) is 9.59 Å². The van der Waals surface area contributed by atoms with Gasteiger partial charge in [0, 0.05) is 0 Å². The monoisotopic (exact) mass is 251 g/mol. The summed E-state index contributed by atoms with van der Waals surface area (Å²) in [5.74, 6) is 5.09. The Kier molecular flexibility index (Phi) is 3.63. The second-order valence-corrected chi connectivity index (χ2v) is 3.65. The molecule has 7 heteroatoms. The molecule has 0 aliphatic carbocycles. The smallest absolute Gasteiger partial charge is 0.265 e. The molecular formula is C11H13N3O4. The van der Waals surface area contributed by atoms with Crippen LogP contribution in [0.3, 0.4) is 0 Å². The zero-order valence-electron chi connectivity index (χ0n) is 9.51. The molecule has 1 atom stereocenters. The summed E-state index contributed by atoms with van der Waals surface area (Å²) in [4.78, 5) is 22.6. The lowest BCUT2D eigenvalue weighted by Gasteiger charge is -2.25. The Labute approximate surface area is 103 Å². The number of amides is 2. The molecule has 2 rings (SSSR count). The molecule has 1 heterocycles. The van der Waals surface area contributed by atoms with Crippen molar-refractivity contribution in [2.45, 2.75) is 6.10 Å². The fourth-order valence-electron chi connectivity index (χ4n) is 1.48. The number of rotatable bonds is 3. The van der Waals surface area contributed by atoms with E-state index < -0.39 is 17.9 Å². The summed E-state index contributed by atoms with van der Waals surface area (Å²) >= 11 is 0. The molecule has 7 nitrogen and oxygen atoms in total. The van der Waals surface area contributed by atoms with Gasteiger partial charge in [-0.25, -0.2) is 5.84 Å². The van der Waals surface area contributed by atoms with Crippen molar-refractivity contribution >= 4 is 11.8 Å². The van der Waals surface area contributed by atoms with E-state index in [0.29, 0.717) is 11.5 Å². The summed E-state index contributed by atoms with van der Waals surface area (Å²) in [7, 11) is 0. The molecule has 1 aliphatic rings. The Morgan fingerprint density at radius 3 is 2.78 bits per heavy atom. The van der Waals surface area contributed by atoms with Gasteiger partial charge in [0.05, 0.1) is 6.54 Å². The van der Waals surface area contributed by atoms with Crippen molar-refractivity contribution in [2.75, 3.05) is 13.2 Å². The topological polar surface area (TPSA) is 103 Å². The highest BCUT2D eigenvalue weighted by atomic mass is 16.6. The lowest BCUT2D eigenvalue weighted by molar-refractivity contribution is -0.132. The van der Waals surface area contributed by atoms with Crippen LogP contribution in [0.5, 0.6) is 11.5 Å². The normalized spacial score (nSPS) is 16.8. The standard InChI is InChI=1S/C11H13N3O4/c12-14-10(15)5-13-11(16)9-6-17-7-3-1-2-4-8(7)18-9/h1-4,9H,5-6,12H2,(H,13,16)(H,14,15)/t9-/m1/s1. The van der Waals surface area contributed by atoms with Crippen molar-refractivity contribution in [1.29, 1.82) is 0 Å². The molecule has 0 bridgehead atoms. The van der Waals surface area contributed by atoms with E-state index in [4.69, 9.17) is 15.3 Å². The van der Waals surface area contributed by atoms with Crippen molar-refractivity contribution in [3.8, 4) is 11.5 Å². The van der Waals surface area contributed by atoms with Gasteiger partial charge in [-0.3, -0.25) is 15.0 Å². The summed E-state index contributed by atoms with van der Waals surface area (Å²) in [6.07, 6.45) is -0.773. The summed E-state index contributed by atoms with van der Waals surface area (Å²) in [5.41, 5.74) is 1.91. The number of hydrazine groups is 1. The third kappa shape index (κ3) is 2.69. The van der Waals surface area contributed by atoms with Crippen molar-refractivity contribution < 1.29 is 19.1 Å². The Morgan fingerprint density at radius 1 is 1.33 bits per heavy atom. The van der Waals surface area contributed by atoms with Crippen LogP contribution in [0.1, 0.15) is 0 Å². The average Bonchev–Trinajstić information content (AvgIpc) is 2.43. The van der Waals surface area contributed by atoms with Gasteiger partial charge < -0.3 is 14.8 Å². The van der Waals surface area contributed by atoms with Gasteiger partial charge in [0.15, 0.2) is 11.5 Å². The van der Waals surface area contributed by atoms with E-state index in [2.05, 4.69) is 5.32 Å². The van der Waals surface area contributed by atoms with Crippen molar-refractivity contribution in [3.63, 3.8) is 0 Å². The van der Waals surface area contributed by atoms with Crippen LogP contribution in [0.2, 0.25) is 0 Å². The molecule has 18 heavy (non-hydrogen) atoms. The maximum Gasteiger partial charge on any atom is 0.265 e. The van der Waals surface area contributed by atoms with Crippen LogP contribution in [0.15, 0.2) is 24.3 Å². The third-order valence-electron chi connectivity index (χ3n) is 2.39. The number of benzene rings is 1. The maximum atomic E-state index is 11.7. The van der Waals surface area contributed by atoms with Crippen molar-refractivity contribution in [3.05, 3.63) is 24.3 Å². The Bertz CT molecular complexity index is 463. The quantitative estimate of drug-likeness (QED) is 0.361. The summed E-state index contributed by atoms with van der Waals surface area (Å²) < 4.78 is 10.8. The van der Waals surface area contributed by atoms with E-state index in [1.807, 2.05) is 11.5 Å². The molecule has 0 aromatic heterocycles. The molecule has 0 fully saturated rings. The molecule has 0 radical (unpaired) electrons. The van der Waals surface area contributed by atoms with Crippen LogP contribution in [0.4, 0.5) is 0 Å². The van der Waals surface area contributed by atoms with Crippen LogP contribution in [0, 0.1) is 0 Å². The second kappa shape index (κ2) is 5.37. The molecule has 4 N–H and O–H groups in total. The molecule has 2 amide bonds. The predicted octanol–water partition coefficient (Wildman–Crippen LogP) is -1.07. The van der Waals surface area contributed by atoms with Crippen LogP contribution >= 0.6 is 0 Å². The zero-order valence-corrected chi connectivity index (χ0v) is 9.51. The van der Waals surface area contributed by atoms with Gasteiger partial charge >= 0.3 is 0 Å². The minimum atomic E-state index is -0.773. The number of carbonyl (C=O) groups excluding carboxylic acids is 2. The molecular weight excluding hydrogens is 238 g/mol. The minimum Gasteiger partial charge on any atom is -0.485 e. The Hall–Kier alpha value is -2.28. The highest BCUT2D eigenvalue weighted by Gasteiger charge is 2.27. The number of hydrogen-bond acceptors (Lipinski definition) is 5. The van der Waals surface area contributed by atoms with Crippen molar-refractivity contribution in [2.24, 2.45) is 5.84 Å². The van der Waals surface area contributed by atoms with Crippen LogP contribution < -0.4 is 26.1 Å². The lowest BCUT2D eigenvalue weighted by Crippen LogP contribution is -2.47. The summed E-state index contributed by atoms with van der Waals surface area (Å²) in [6, 6.07) is 7.06. The van der Waals surface area contributed by atoms with E-state index in [-0.39, 0.29) is 13.2 Å². The molecule has 96 valence electrons. The van der Waals surface area contributed by atoms with Gasteiger partial charge in [-0.05, 0) is 12.1 Å². The average molecular weight is 251 g/mol. The zero-order chi connectivity index (χ0) is 13.0. The number of para-hydroxylation sites is 2. The second-order valence-electron chi connectivity index (χ2n) is 3.65. The number of carbonyl (C=O) groups is 2. The minimum absolute atomic E-state index is 0.104. The molecule has 1 aromatic carbocycles. The first-order valence-electron chi connectivity index (χ1n) is 5.36. The van der Waals surface area contributed by atoms with Gasteiger partial charge in [0.2, 0.25) is 6.10 Å². The van der Waals surface area contributed by atoms with E-state index in [1.54, 1.807) is 18.2 Å². The van der Waals surface area contributed by atoms with Gasteiger partial charge in [-0.1, -0.05) is 12.1 Å². The third-order valence-corrected chi connectivity index (χ3v) is 2.39. The van der Waals surface area contributed by atoms with Crippen LogP contribution in [0.25, 0.3) is 0 Å². The Morgan fingerprint density at radius 2 is 2.06 bits per heavy atom. The van der Waals surface area contributed by atoms with Crippen LogP contribution in [-0.4, -0.2) is 31.1 Å². The molecule has 0 saturated carbocycles. The summed E-state index contributed by atoms with van der Waals surface area (Å²) in [6.45, 7) is -0.0933. The highest BCUT2D eigenvalue weighted by molar-refractivity contribution is 5.87. The number of nitrogens with two attached hydrogens (primary N) is 1. The van der Waals surface area contributed by atoms with E-state index in [0.717, 1.165) is 0 Å². The van der Waals surface area contributed by atoms with Gasteiger partial charge in [0.1, 0.15) is 6.61 Å². The van der Waals surface area contributed by atoms with Gasteiger partial charge in [-0.15, -0.1) is 0 Å². The largest absolute Gasteiger partial charge is 0.485 e. The van der Waals surface area contributed by atoms with E-state index >= 15 is 0 Å². The first-order chi connectivity index (χ1) is 8.70. The molecule has 0 spiro atoms. The lowest BCUT2D eigenvalue weighted by atomic mass is 10.2. The first-order valence-corrected chi connectivity index (χ1v) is 5.36. The fourth-order valence-corrected chi connectivity index (χ4v) is 1.48. The van der Waals surface area contributed by atoms with Crippen LogP contribution in [-0.2, 0) is 9.59 Å². The Balaban J connectivity index is 1.92. The molecule has 0 unspecified atom stereocenters. The van der Waals surface area contributed by atoms with E-state index in [1.165, 1.54) is 0 Å². The number of ether oxygens (including phenoxy) is 2. The number of fused-ring (bicyclic) bond motifs is 1. The molecule has 1 aliphatic heterocycles. The molecule has 1 aromatic rings. The number of hydrogen-bond donors (Lipinski definition) is 3.